The molecule has 5 fully saturated rings. The van der Waals surface area contributed by atoms with Crippen molar-refractivity contribution in [3.8, 4) is 0 Å². The van der Waals surface area contributed by atoms with Gasteiger partial charge in [0.15, 0.2) is 0 Å². The molecule has 0 bridgehead atoms. The minimum absolute atomic E-state index is 0.105. The van der Waals surface area contributed by atoms with E-state index in [-0.39, 0.29) is 22.9 Å². The molecule has 0 aromatic carbocycles. The quantitative estimate of drug-likeness (QED) is 0.305. The lowest BCUT2D eigenvalue weighted by molar-refractivity contribution is -0.224. The van der Waals surface area contributed by atoms with Gasteiger partial charge in [-0.3, -0.25) is 0 Å². The van der Waals surface area contributed by atoms with E-state index in [2.05, 4.69) is 41.2 Å². The number of rotatable bonds is 3. The van der Waals surface area contributed by atoms with Crippen LogP contribution in [0.1, 0.15) is 98.8 Å². The van der Waals surface area contributed by atoms with Crippen LogP contribution in [0.4, 0.5) is 0 Å². The Bertz CT molecular complexity index is 881. The van der Waals surface area contributed by atoms with E-state index in [1.54, 1.807) is 0 Å². The maximum Gasteiger partial charge on any atom is 0.0539 e. The third-order valence-electron chi connectivity index (χ3n) is 13.4. The molecule has 3 nitrogen and oxygen atoms in total. The number of aliphatic hydroxyl groups is 1. The van der Waals surface area contributed by atoms with Gasteiger partial charge in [-0.2, -0.15) is 0 Å². The lowest BCUT2D eigenvalue weighted by atomic mass is 9.32. The average Bonchev–Trinajstić information content (AvgIpc) is 3.17. The molecule has 3 heteroatoms. The second-order valence-electron chi connectivity index (χ2n) is 14.1. The fraction of sp³-hybridized carbons (Fsp3) is 0.867. The van der Waals surface area contributed by atoms with Crippen molar-refractivity contribution in [2.75, 3.05) is 6.61 Å². The van der Waals surface area contributed by atoms with Crippen LogP contribution in [0, 0.1) is 67.5 Å². The van der Waals surface area contributed by atoms with E-state index in [9.17, 15) is 5.11 Å². The predicted octanol–water partition coefficient (Wildman–Crippen LogP) is 7.29. The zero-order valence-electron chi connectivity index (χ0n) is 21.9. The fourth-order valence-corrected chi connectivity index (χ4v) is 11.3. The van der Waals surface area contributed by atoms with Gasteiger partial charge in [0.1, 0.15) is 0 Å². The fourth-order valence-electron chi connectivity index (χ4n) is 11.3. The van der Waals surface area contributed by atoms with Crippen molar-refractivity contribution >= 4 is 11.9 Å². The molecule has 0 aromatic heterocycles. The highest BCUT2D eigenvalue weighted by molar-refractivity contribution is 5.88. The van der Waals surface area contributed by atoms with Crippen molar-refractivity contribution < 1.29 is 5.11 Å². The molecule has 3 N–H and O–H groups in total. The summed E-state index contributed by atoms with van der Waals surface area (Å²) in [5, 5.41) is 27.6. The van der Waals surface area contributed by atoms with Crippen LogP contribution in [-0.2, 0) is 0 Å². The van der Waals surface area contributed by atoms with Crippen LogP contribution >= 0.6 is 0 Å². The van der Waals surface area contributed by atoms with Crippen LogP contribution < -0.4 is 0 Å². The molecule has 5 aliphatic carbocycles. The van der Waals surface area contributed by atoms with Gasteiger partial charge in [-0.1, -0.05) is 39.8 Å². The highest BCUT2D eigenvalue weighted by Gasteiger charge is 2.70. The average molecular weight is 453 g/mol. The molecule has 0 amide bonds. The summed E-state index contributed by atoms with van der Waals surface area (Å²) < 4.78 is 0. The lowest BCUT2D eigenvalue weighted by Crippen LogP contribution is -2.67. The number of fused-ring (bicyclic) bond motifs is 7. The Morgan fingerprint density at radius 1 is 0.970 bits per heavy atom. The van der Waals surface area contributed by atoms with E-state index < -0.39 is 0 Å². The second-order valence-corrected chi connectivity index (χ2v) is 14.1. The van der Waals surface area contributed by atoms with Crippen LogP contribution in [0.2, 0.25) is 0 Å². The summed E-state index contributed by atoms with van der Waals surface area (Å²) in [6, 6.07) is 0. The van der Waals surface area contributed by atoms with Crippen molar-refractivity contribution in [3.63, 3.8) is 0 Å². The Morgan fingerprint density at radius 3 is 2.33 bits per heavy atom. The number of allylic oxidation sites excluding steroid dienone is 1. The van der Waals surface area contributed by atoms with Gasteiger partial charge in [-0.25, -0.2) is 0 Å². The summed E-state index contributed by atoms with van der Waals surface area (Å²) in [4.78, 5) is 0. The van der Waals surface area contributed by atoms with Gasteiger partial charge < -0.3 is 15.9 Å². The smallest absolute Gasteiger partial charge is 0.0539 e. The molecule has 184 valence electrons. The number of nitrogens with one attached hydrogen (secondary N) is 2. The van der Waals surface area contributed by atoms with Crippen molar-refractivity contribution in [2.24, 2.45) is 56.7 Å². The molecule has 0 saturated heterocycles. The highest BCUT2D eigenvalue weighted by Crippen LogP contribution is 2.77. The largest absolute Gasteiger partial charge is 0.395 e. The molecule has 0 aliphatic heterocycles. The Balaban J connectivity index is 1.56. The molecule has 0 radical (unpaired) electrons. The van der Waals surface area contributed by atoms with E-state index in [0.29, 0.717) is 40.4 Å². The van der Waals surface area contributed by atoms with E-state index in [0.717, 1.165) is 25.0 Å². The van der Waals surface area contributed by atoms with Gasteiger partial charge in [-0.15, -0.1) is 0 Å². The predicted molar refractivity (Wildman–Crippen MR) is 137 cm³/mol. The molecule has 10 atom stereocenters. The van der Waals surface area contributed by atoms with Gasteiger partial charge in [0, 0.05) is 22.8 Å². The van der Waals surface area contributed by atoms with Gasteiger partial charge in [0.05, 0.1) is 6.61 Å². The molecule has 5 rings (SSSR count). The Kier molecular flexibility index (Phi) is 5.24. The van der Waals surface area contributed by atoms with E-state index in [1.165, 1.54) is 50.5 Å². The molecule has 0 aromatic rings. The van der Waals surface area contributed by atoms with Gasteiger partial charge in [-0.05, 0) is 117 Å². The standard InChI is InChI=1S/C30H48N2O/c1-19(2)20-9-14-30(17-31)16-15-28(5)21(25(20)30)7-8-23-26(3)12-11-24(32)27(4,18-33)22(26)10-13-29(23,28)6/h17,20-23,25,31-33H,1,7-16,18H2,2-6H3/t20-,21+,22+,23+,25+,26-,27?,28+,29+,30+/m0/s1. The normalized spacial score (nSPS) is 55.7. The Hall–Kier alpha value is -0.960. The van der Waals surface area contributed by atoms with Gasteiger partial charge in [0.2, 0.25) is 0 Å². The van der Waals surface area contributed by atoms with Gasteiger partial charge >= 0.3 is 0 Å². The summed E-state index contributed by atoms with van der Waals surface area (Å²) in [6.07, 6.45) is 13.6. The summed E-state index contributed by atoms with van der Waals surface area (Å²) in [5.74, 6) is 2.95. The molecular formula is C30H48N2O. The molecule has 5 saturated carbocycles. The minimum atomic E-state index is -0.343. The molecule has 33 heavy (non-hydrogen) atoms. The topological polar surface area (TPSA) is 67.9 Å². The minimum Gasteiger partial charge on any atom is -0.395 e. The first-order chi connectivity index (χ1) is 15.4. The van der Waals surface area contributed by atoms with E-state index in [4.69, 9.17) is 10.8 Å². The highest BCUT2D eigenvalue weighted by atomic mass is 16.3. The van der Waals surface area contributed by atoms with Crippen molar-refractivity contribution in [3.05, 3.63) is 12.2 Å². The lowest BCUT2D eigenvalue weighted by Gasteiger charge is -2.72. The number of hydrogen-bond donors (Lipinski definition) is 3. The summed E-state index contributed by atoms with van der Waals surface area (Å²) in [6.45, 7) is 16.8. The number of hydrogen-bond acceptors (Lipinski definition) is 3. The molecule has 0 heterocycles. The second kappa shape index (κ2) is 7.28. The van der Waals surface area contributed by atoms with Crippen LogP contribution in [0.15, 0.2) is 12.2 Å². The molecule has 0 spiro atoms. The summed E-state index contributed by atoms with van der Waals surface area (Å²) in [7, 11) is 0. The van der Waals surface area contributed by atoms with Crippen LogP contribution in [0.3, 0.4) is 0 Å². The molecule has 5 aliphatic rings. The maximum atomic E-state index is 10.4. The zero-order valence-corrected chi connectivity index (χ0v) is 21.9. The third kappa shape index (κ3) is 2.72. The SMILES string of the molecule is C=C(C)[C@@H]1CC[C@]2(C=N)CC[C@]3(C)[C@H](CC[C@@H]4[C@@]5(C)CCC(=N)C(C)(CO)[C@@H]5CC[C@]43C)[C@@H]12. The molecular weight excluding hydrogens is 404 g/mol. The Labute approximate surface area is 202 Å². The maximum absolute atomic E-state index is 10.4. The van der Waals surface area contributed by atoms with Gasteiger partial charge in [0.25, 0.3) is 0 Å². The van der Waals surface area contributed by atoms with Crippen LogP contribution in [0.5, 0.6) is 0 Å². The summed E-state index contributed by atoms with van der Waals surface area (Å²) >= 11 is 0. The first kappa shape index (κ1) is 23.8. The van der Waals surface area contributed by atoms with Crippen molar-refractivity contribution in [1.29, 1.82) is 10.8 Å². The Morgan fingerprint density at radius 2 is 1.70 bits per heavy atom. The zero-order chi connectivity index (χ0) is 24.0. The van der Waals surface area contributed by atoms with Crippen LogP contribution in [0.25, 0.3) is 0 Å². The van der Waals surface area contributed by atoms with Crippen LogP contribution in [-0.4, -0.2) is 23.6 Å². The summed E-state index contributed by atoms with van der Waals surface area (Å²) in [5.41, 5.74) is 2.72. The number of aliphatic hydroxyl groups excluding tert-OH is 1. The monoisotopic (exact) mass is 452 g/mol. The first-order valence-corrected chi connectivity index (χ1v) is 13.8. The van der Waals surface area contributed by atoms with E-state index >= 15 is 0 Å². The van der Waals surface area contributed by atoms with Crippen molar-refractivity contribution in [1.82, 2.24) is 0 Å². The van der Waals surface area contributed by atoms with Crippen molar-refractivity contribution in [2.45, 2.75) is 98.8 Å². The first-order valence-electron chi connectivity index (χ1n) is 13.8. The third-order valence-corrected chi connectivity index (χ3v) is 13.4. The molecule has 1 unspecified atom stereocenters. The van der Waals surface area contributed by atoms with E-state index in [1.807, 2.05) is 6.21 Å².